The Bertz CT molecular complexity index is 469. The monoisotopic (exact) mass is 306 g/mol. The zero-order valence-electron chi connectivity index (χ0n) is 10.8. The molecule has 21 heavy (non-hydrogen) atoms. The van der Waals surface area contributed by atoms with Gasteiger partial charge in [-0.15, -0.1) is 0 Å². The summed E-state index contributed by atoms with van der Waals surface area (Å²) in [6.07, 6.45) is 3.92. The first-order valence-electron chi connectivity index (χ1n) is 5.99. The number of rotatable bonds is 1. The molecule has 0 radical (unpaired) electrons. The summed E-state index contributed by atoms with van der Waals surface area (Å²) in [5, 5.41) is 10.0. The van der Waals surface area contributed by atoms with E-state index in [1.54, 1.807) is 11.2 Å². The molecule has 0 saturated carbocycles. The second-order valence-corrected chi connectivity index (χ2v) is 4.15. The smallest absolute Gasteiger partial charge is 0.475 e. The highest BCUT2D eigenvalue weighted by atomic mass is 19.4. The van der Waals surface area contributed by atoms with E-state index in [1.807, 2.05) is 18.2 Å². The van der Waals surface area contributed by atoms with E-state index in [1.165, 1.54) is 5.01 Å². The number of imide groups is 1. The molecular weight excluding hydrogens is 293 g/mol. The summed E-state index contributed by atoms with van der Waals surface area (Å²) in [7, 11) is 0. The minimum Gasteiger partial charge on any atom is -0.475 e. The van der Waals surface area contributed by atoms with Crippen LogP contribution < -0.4 is 0 Å². The number of alkyl halides is 3. The molecule has 0 unspecified atom stereocenters. The predicted molar refractivity (Wildman–Crippen MR) is 64.4 cm³/mol. The molecule has 2 rings (SSSR count). The van der Waals surface area contributed by atoms with E-state index < -0.39 is 12.1 Å². The number of amides is 2. The van der Waals surface area contributed by atoms with Gasteiger partial charge in [-0.3, -0.25) is 14.6 Å². The molecule has 0 aromatic carbocycles. The Balaban J connectivity index is 0.000000270. The van der Waals surface area contributed by atoms with Gasteiger partial charge in [-0.05, 0) is 12.5 Å². The number of carboxylic acids is 1. The number of piperidine rings is 1. The van der Waals surface area contributed by atoms with Crippen molar-refractivity contribution < 1.29 is 32.7 Å². The van der Waals surface area contributed by atoms with Crippen LogP contribution in [0, 0.1) is 0 Å². The number of carboxylic acid groups (broad SMARTS) is 1. The van der Waals surface area contributed by atoms with Gasteiger partial charge in [-0.2, -0.15) is 18.2 Å². The van der Waals surface area contributed by atoms with Gasteiger partial charge in [0.1, 0.15) is 0 Å². The van der Waals surface area contributed by atoms with Crippen LogP contribution in [-0.2, 0) is 14.4 Å². The maximum absolute atomic E-state index is 11.5. The molecule has 6 nitrogen and oxygen atoms in total. The lowest BCUT2D eigenvalue weighted by molar-refractivity contribution is -0.192. The molecule has 2 heterocycles. The molecule has 2 aliphatic rings. The Morgan fingerprint density at radius 1 is 1.14 bits per heavy atom. The van der Waals surface area contributed by atoms with Crippen molar-refractivity contribution >= 4 is 17.8 Å². The lowest BCUT2D eigenvalue weighted by Gasteiger charge is -2.34. The van der Waals surface area contributed by atoms with Gasteiger partial charge in [0.15, 0.2) is 0 Å². The van der Waals surface area contributed by atoms with Gasteiger partial charge in [0.25, 0.3) is 0 Å². The van der Waals surface area contributed by atoms with Gasteiger partial charge < -0.3 is 5.11 Å². The van der Waals surface area contributed by atoms with Gasteiger partial charge in [0.2, 0.25) is 11.8 Å². The Labute approximate surface area is 118 Å². The van der Waals surface area contributed by atoms with Crippen molar-refractivity contribution in [3.63, 3.8) is 0 Å². The van der Waals surface area contributed by atoms with E-state index in [9.17, 15) is 22.8 Å². The Morgan fingerprint density at radius 3 is 2.05 bits per heavy atom. The van der Waals surface area contributed by atoms with Crippen molar-refractivity contribution in [3.05, 3.63) is 24.4 Å². The van der Waals surface area contributed by atoms with Crippen LogP contribution in [0.25, 0.3) is 0 Å². The van der Waals surface area contributed by atoms with Crippen LogP contribution in [0.4, 0.5) is 13.2 Å². The maximum atomic E-state index is 11.5. The van der Waals surface area contributed by atoms with Crippen molar-refractivity contribution in [1.29, 1.82) is 0 Å². The molecule has 0 aliphatic carbocycles. The minimum absolute atomic E-state index is 0.0961. The van der Waals surface area contributed by atoms with Crippen molar-refractivity contribution in [2.24, 2.45) is 0 Å². The van der Waals surface area contributed by atoms with Crippen molar-refractivity contribution in [2.75, 3.05) is 6.54 Å². The van der Waals surface area contributed by atoms with Gasteiger partial charge in [-0.25, -0.2) is 4.79 Å². The summed E-state index contributed by atoms with van der Waals surface area (Å²) in [5.74, 6) is -2.95. The highest BCUT2D eigenvalue weighted by Crippen LogP contribution is 2.16. The molecule has 116 valence electrons. The first-order valence-corrected chi connectivity index (χ1v) is 5.99. The van der Waals surface area contributed by atoms with Crippen LogP contribution in [0.1, 0.15) is 19.3 Å². The van der Waals surface area contributed by atoms with Crippen LogP contribution in [0.3, 0.4) is 0 Å². The summed E-state index contributed by atoms with van der Waals surface area (Å²) >= 11 is 0. The molecule has 1 saturated heterocycles. The fraction of sp³-hybridized carbons (Fsp3) is 0.417. The number of nitrogens with zero attached hydrogens (tertiary/aromatic N) is 2. The number of carbonyl (C=O) groups is 3. The number of hydrogen-bond acceptors (Lipinski definition) is 4. The number of halogens is 3. The van der Waals surface area contributed by atoms with Gasteiger partial charge in [-0.1, -0.05) is 12.2 Å². The Morgan fingerprint density at radius 2 is 1.67 bits per heavy atom. The molecular formula is C12H13F3N2O4. The van der Waals surface area contributed by atoms with E-state index in [2.05, 4.69) is 0 Å². The lowest BCUT2D eigenvalue weighted by atomic mass is 10.1. The van der Waals surface area contributed by atoms with Gasteiger partial charge >= 0.3 is 12.1 Å². The van der Waals surface area contributed by atoms with E-state index in [4.69, 9.17) is 9.90 Å². The largest absolute Gasteiger partial charge is 0.490 e. The summed E-state index contributed by atoms with van der Waals surface area (Å²) in [6.45, 7) is 0.591. The molecule has 1 N–H and O–H groups in total. The van der Waals surface area contributed by atoms with Crippen molar-refractivity contribution in [1.82, 2.24) is 10.0 Å². The SMILES string of the molecule is O=C(O)C(F)(F)F.O=C1CCCC(=O)N1N1C=CC=CC1. The van der Waals surface area contributed by atoms with Crippen LogP contribution in [0.5, 0.6) is 0 Å². The first-order chi connectivity index (χ1) is 9.73. The molecule has 0 aromatic rings. The average Bonchev–Trinajstić information content (AvgIpc) is 2.39. The predicted octanol–water partition coefficient (Wildman–Crippen LogP) is 1.46. The highest BCUT2D eigenvalue weighted by Gasteiger charge is 2.38. The fourth-order valence-corrected chi connectivity index (χ4v) is 1.63. The van der Waals surface area contributed by atoms with Crippen molar-refractivity contribution in [2.45, 2.75) is 25.4 Å². The molecule has 2 amide bonds. The second kappa shape index (κ2) is 6.91. The third-order valence-corrected chi connectivity index (χ3v) is 2.55. The summed E-state index contributed by atoms with van der Waals surface area (Å²) in [5.41, 5.74) is 0. The zero-order chi connectivity index (χ0) is 16.0. The van der Waals surface area contributed by atoms with E-state index >= 15 is 0 Å². The molecule has 2 aliphatic heterocycles. The van der Waals surface area contributed by atoms with Gasteiger partial charge in [0.05, 0.1) is 6.54 Å². The maximum Gasteiger partial charge on any atom is 0.490 e. The molecule has 1 fully saturated rings. The number of allylic oxidation sites excluding steroid dienone is 2. The normalized spacial score (nSPS) is 18.4. The molecule has 9 heteroatoms. The molecule has 0 aromatic heterocycles. The topological polar surface area (TPSA) is 77.9 Å². The highest BCUT2D eigenvalue weighted by molar-refractivity contribution is 5.97. The number of aliphatic carboxylic acids is 1. The zero-order valence-corrected chi connectivity index (χ0v) is 10.8. The molecule has 0 spiro atoms. The van der Waals surface area contributed by atoms with Crippen LogP contribution in [0.15, 0.2) is 24.4 Å². The van der Waals surface area contributed by atoms with Gasteiger partial charge in [0, 0.05) is 19.0 Å². The standard InChI is InChI=1S/C10H12N2O2.C2HF3O2/c13-9-5-4-6-10(14)12(9)11-7-2-1-3-8-11;3-2(4,5)1(6)7/h1-3,7H,4-6,8H2;(H,6,7). The first kappa shape index (κ1) is 16.7. The lowest BCUT2D eigenvalue weighted by Crippen LogP contribution is -2.49. The van der Waals surface area contributed by atoms with Crippen LogP contribution >= 0.6 is 0 Å². The molecule has 0 bridgehead atoms. The van der Waals surface area contributed by atoms with E-state index in [-0.39, 0.29) is 11.8 Å². The number of hydrogen-bond donors (Lipinski definition) is 1. The van der Waals surface area contributed by atoms with E-state index in [0.29, 0.717) is 25.8 Å². The van der Waals surface area contributed by atoms with Crippen LogP contribution in [-0.4, -0.2) is 45.6 Å². The fourth-order valence-electron chi connectivity index (χ4n) is 1.63. The third kappa shape index (κ3) is 4.93. The average molecular weight is 306 g/mol. The van der Waals surface area contributed by atoms with Crippen LogP contribution in [0.2, 0.25) is 0 Å². The summed E-state index contributed by atoms with van der Waals surface area (Å²) in [6, 6.07) is 0. The van der Waals surface area contributed by atoms with E-state index in [0.717, 1.165) is 0 Å². The van der Waals surface area contributed by atoms with Crippen molar-refractivity contribution in [3.8, 4) is 0 Å². The summed E-state index contributed by atoms with van der Waals surface area (Å²) in [4.78, 5) is 31.9. The Hall–Kier alpha value is -2.32. The summed E-state index contributed by atoms with van der Waals surface area (Å²) < 4.78 is 31.7. The molecule has 0 atom stereocenters. The second-order valence-electron chi connectivity index (χ2n) is 4.15. The number of hydrazine groups is 1. The quantitative estimate of drug-likeness (QED) is 0.742. The minimum atomic E-state index is -5.08. The Kier molecular flexibility index (Phi) is 5.51. The third-order valence-electron chi connectivity index (χ3n) is 2.55. The number of carbonyl (C=O) groups excluding carboxylic acids is 2.